The van der Waals surface area contributed by atoms with Gasteiger partial charge in [-0.15, -0.1) is 0 Å². The number of rotatable bonds is 5. The third kappa shape index (κ3) is 4.44. The molecule has 1 aromatic heterocycles. The van der Waals surface area contributed by atoms with Crippen LogP contribution in [0.5, 0.6) is 0 Å². The van der Waals surface area contributed by atoms with Crippen molar-refractivity contribution in [3.8, 4) is 6.07 Å². The minimum Gasteiger partial charge on any atom is -0.348 e. The highest BCUT2D eigenvalue weighted by molar-refractivity contribution is 5.99. The van der Waals surface area contributed by atoms with Crippen LogP contribution in [0.25, 0.3) is 10.9 Å². The second-order valence-corrected chi connectivity index (χ2v) is 8.03. The molecular weight excluding hydrogens is 418 g/mol. The maximum Gasteiger partial charge on any atom is 0.269 e. The summed E-state index contributed by atoms with van der Waals surface area (Å²) in [5.41, 5.74) is 2.14. The molecule has 1 aliphatic carbocycles. The molecule has 7 nitrogen and oxygen atoms in total. The van der Waals surface area contributed by atoms with Crippen molar-refractivity contribution >= 4 is 22.5 Å². The van der Waals surface area contributed by atoms with Gasteiger partial charge in [-0.1, -0.05) is 18.2 Å². The molecule has 0 unspecified atom stereocenters. The van der Waals surface area contributed by atoms with Crippen LogP contribution in [0.15, 0.2) is 48.5 Å². The number of nitrogens with zero attached hydrogens (tertiary/aromatic N) is 3. The summed E-state index contributed by atoms with van der Waals surface area (Å²) >= 11 is 0. The average molecular weight is 438 g/mol. The van der Waals surface area contributed by atoms with Gasteiger partial charge in [0, 0.05) is 42.9 Å². The Kier molecular flexibility index (Phi) is 5.61. The number of non-ortho nitro benzene ring substituents is 1. The summed E-state index contributed by atoms with van der Waals surface area (Å²) in [4.78, 5) is 23.5. The van der Waals surface area contributed by atoms with Gasteiger partial charge in [-0.05, 0) is 36.6 Å². The molecule has 3 aromatic rings. The minimum absolute atomic E-state index is 0.0371. The summed E-state index contributed by atoms with van der Waals surface area (Å²) in [6.45, 7) is 0.252. The lowest BCUT2D eigenvalue weighted by atomic mass is 9.92. The van der Waals surface area contributed by atoms with Crippen molar-refractivity contribution in [1.29, 1.82) is 5.26 Å². The molecule has 2 aromatic carbocycles. The molecule has 0 atom stereocenters. The van der Waals surface area contributed by atoms with Gasteiger partial charge >= 0.3 is 0 Å². The molecule has 0 saturated heterocycles. The van der Waals surface area contributed by atoms with Crippen LogP contribution >= 0.6 is 0 Å². The Morgan fingerprint density at radius 3 is 2.50 bits per heavy atom. The van der Waals surface area contributed by atoms with Gasteiger partial charge < -0.3 is 9.88 Å². The highest BCUT2D eigenvalue weighted by Crippen LogP contribution is 2.33. The molecule has 4 rings (SSSR count). The smallest absolute Gasteiger partial charge is 0.269 e. The van der Waals surface area contributed by atoms with Gasteiger partial charge in [0.05, 0.1) is 22.1 Å². The number of halogens is 2. The number of fused-ring (bicyclic) bond motifs is 1. The molecule has 0 radical (unpaired) electrons. The number of hydrogen-bond donors (Lipinski definition) is 1. The molecule has 1 saturated carbocycles. The largest absolute Gasteiger partial charge is 0.348 e. The number of nitrogens with one attached hydrogen (secondary N) is 1. The first-order valence-corrected chi connectivity index (χ1v) is 10.2. The standard InChI is InChI=1S/C23H20F2N4O3/c24-23(25)9-7-18(8-10-23)27-22(30)21-12-17-4-1-16(13-26)11-20(17)28(21)14-15-2-5-19(6-3-15)29(31)32/h1-6,11-12,18H,7-10,14H2,(H,27,30). The number of alkyl halides is 2. The highest BCUT2D eigenvalue weighted by atomic mass is 19.3. The van der Waals surface area contributed by atoms with Gasteiger partial charge in [0.15, 0.2) is 0 Å². The molecule has 1 N–H and O–H groups in total. The zero-order chi connectivity index (χ0) is 22.9. The molecule has 9 heteroatoms. The van der Waals surface area contributed by atoms with E-state index in [-0.39, 0.29) is 49.9 Å². The summed E-state index contributed by atoms with van der Waals surface area (Å²) < 4.78 is 28.6. The molecule has 32 heavy (non-hydrogen) atoms. The number of amides is 1. The lowest BCUT2D eigenvalue weighted by Gasteiger charge is -2.28. The van der Waals surface area contributed by atoms with Crippen LogP contribution in [-0.4, -0.2) is 27.4 Å². The van der Waals surface area contributed by atoms with Gasteiger partial charge in [0.25, 0.3) is 11.6 Å². The number of nitro benzene ring substituents is 1. The van der Waals surface area contributed by atoms with Crippen LogP contribution in [0.1, 0.15) is 47.3 Å². The minimum atomic E-state index is -2.68. The molecule has 1 aliphatic rings. The van der Waals surface area contributed by atoms with Gasteiger partial charge in [0.2, 0.25) is 5.92 Å². The van der Waals surface area contributed by atoms with E-state index in [1.807, 2.05) is 0 Å². The van der Waals surface area contributed by atoms with E-state index >= 15 is 0 Å². The van der Waals surface area contributed by atoms with E-state index in [2.05, 4.69) is 11.4 Å². The number of carbonyl (C=O) groups is 1. The van der Waals surface area contributed by atoms with Crippen molar-refractivity contribution in [1.82, 2.24) is 9.88 Å². The molecule has 0 spiro atoms. The van der Waals surface area contributed by atoms with Crippen LogP contribution in [-0.2, 0) is 6.54 Å². The molecule has 0 aliphatic heterocycles. The van der Waals surface area contributed by atoms with Crippen LogP contribution < -0.4 is 5.32 Å². The Hall–Kier alpha value is -3.80. The fourth-order valence-electron chi connectivity index (χ4n) is 4.03. The Bertz CT molecular complexity index is 1220. The summed E-state index contributed by atoms with van der Waals surface area (Å²) in [5, 5.41) is 23.8. The third-order valence-electron chi connectivity index (χ3n) is 5.81. The van der Waals surface area contributed by atoms with Gasteiger partial charge in [-0.25, -0.2) is 8.78 Å². The summed E-state index contributed by atoms with van der Waals surface area (Å²) in [5.74, 6) is -3.06. The van der Waals surface area contributed by atoms with E-state index in [9.17, 15) is 29.0 Å². The zero-order valence-electron chi connectivity index (χ0n) is 17.1. The quantitative estimate of drug-likeness (QED) is 0.458. The number of aromatic nitrogens is 1. The first-order chi connectivity index (χ1) is 15.3. The zero-order valence-corrected chi connectivity index (χ0v) is 17.1. The number of nitriles is 1. The van der Waals surface area contributed by atoms with Crippen molar-refractivity contribution in [2.45, 2.75) is 44.2 Å². The van der Waals surface area contributed by atoms with Gasteiger partial charge in [0.1, 0.15) is 5.69 Å². The predicted molar refractivity (Wildman–Crippen MR) is 114 cm³/mol. The van der Waals surface area contributed by atoms with Gasteiger partial charge in [-0.2, -0.15) is 5.26 Å². The number of carbonyl (C=O) groups excluding carboxylic acids is 1. The lowest BCUT2D eigenvalue weighted by Crippen LogP contribution is -2.40. The Balaban J connectivity index is 1.66. The van der Waals surface area contributed by atoms with Gasteiger partial charge in [-0.3, -0.25) is 14.9 Å². The van der Waals surface area contributed by atoms with Crippen LogP contribution in [0.4, 0.5) is 14.5 Å². The lowest BCUT2D eigenvalue weighted by molar-refractivity contribution is -0.384. The number of hydrogen-bond acceptors (Lipinski definition) is 4. The van der Waals surface area contributed by atoms with Crippen molar-refractivity contribution in [2.75, 3.05) is 0 Å². The molecule has 164 valence electrons. The molecule has 0 bridgehead atoms. The topological polar surface area (TPSA) is 101 Å². The average Bonchev–Trinajstić information content (AvgIpc) is 3.13. The van der Waals surface area contributed by atoms with E-state index in [4.69, 9.17) is 0 Å². The number of benzene rings is 2. The Morgan fingerprint density at radius 2 is 1.88 bits per heavy atom. The summed E-state index contributed by atoms with van der Waals surface area (Å²) in [7, 11) is 0. The SMILES string of the molecule is N#Cc1ccc2cc(C(=O)NC3CCC(F)(F)CC3)n(Cc3ccc([N+](=O)[O-])cc3)c2c1. The van der Waals surface area contributed by atoms with E-state index in [1.54, 1.807) is 41.0 Å². The van der Waals surface area contributed by atoms with E-state index in [0.29, 0.717) is 16.8 Å². The maximum atomic E-state index is 13.4. The molecule has 1 heterocycles. The second kappa shape index (κ2) is 8.38. The van der Waals surface area contributed by atoms with E-state index in [0.717, 1.165) is 10.9 Å². The fourth-order valence-corrected chi connectivity index (χ4v) is 4.03. The van der Waals surface area contributed by atoms with E-state index in [1.165, 1.54) is 12.1 Å². The first kappa shape index (κ1) is 21.4. The van der Waals surface area contributed by atoms with Crippen molar-refractivity contribution in [3.63, 3.8) is 0 Å². The normalized spacial score (nSPS) is 15.9. The second-order valence-electron chi connectivity index (χ2n) is 8.03. The highest BCUT2D eigenvalue weighted by Gasteiger charge is 2.35. The fraction of sp³-hybridized carbons (Fsp3) is 0.304. The number of nitro groups is 1. The van der Waals surface area contributed by atoms with Crippen molar-refractivity contribution in [2.24, 2.45) is 0 Å². The third-order valence-corrected chi connectivity index (χ3v) is 5.81. The first-order valence-electron chi connectivity index (χ1n) is 10.2. The molecule has 1 amide bonds. The summed E-state index contributed by atoms with van der Waals surface area (Å²) in [6, 6.07) is 14.6. The Labute approximate surface area is 182 Å². The van der Waals surface area contributed by atoms with Crippen LogP contribution in [0, 0.1) is 21.4 Å². The Morgan fingerprint density at radius 1 is 1.19 bits per heavy atom. The molecular formula is C23H20F2N4O3. The predicted octanol–water partition coefficient (Wildman–Crippen LogP) is 4.78. The van der Waals surface area contributed by atoms with E-state index < -0.39 is 10.8 Å². The maximum absolute atomic E-state index is 13.4. The molecule has 1 fully saturated rings. The summed E-state index contributed by atoms with van der Waals surface area (Å²) in [6.07, 6.45) is -0.0929. The monoisotopic (exact) mass is 438 g/mol. The van der Waals surface area contributed by atoms with Crippen LogP contribution in [0.3, 0.4) is 0 Å². The van der Waals surface area contributed by atoms with Crippen molar-refractivity contribution in [3.05, 3.63) is 75.5 Å². The van der Waals surface area contributed by atoms with Crippen molar-refractivity contribution < 1.29 is 18.5 Å². The van der Waals surface area contributed by atoms with Crippen LogP contribution in [0.2, 0.25) is 0 Å².